The zero-order valence-electron chi connectivity index (χ0n) is 11.5. The maximum atomic E-state index is 11.7. The number of imide groups is 1. The Morgan fingerprint density at radius 1 is 1.15 bits per heavy atom. The lowest BCUT2D eigenvalue weighted by atomic mass is 10.1. The average Bonchev–Trinajstić information content (AvgIpc) is 2.77. The van der Waals surface area contributed by atoms with Gasteiger partial charge in [-0.3, -0.25) is 19.3 Å². The van der Waals surface area contributed by atoms with E-state index in [-0.39, 0.29) is 24.3 Å². The van der Waals surface area contributed by atoms with Gasteiger partial charge in [-0.15, -0.1) is 0 Å². The number of nitrogens with zero attached hydrogens (tertiary/aromatic N) is 1. The molecule has 0 spiro atoms. The van der Waals surface area contributed by atoms with Gasteiger partial charge in [0.1, 0.15) is 0 Å². The molecule has 1 aliphatic heterocycles. The summed E-state index contributed by atoms with van der Waals surface area (Å²) < 4.78 is 0. The standard InChI is InChI=1S/C15H18N2O3/c1-2-9-16-15(20)12-5-3-11(4-6-12)10-17-13(18)7-8-14(17)19/h3-6H,2,7-10H2,1H3,(H,16,20). The Morgan fingerprint density at radius 3 is 2.30 bits per heavy atom. The van der Waals surface area contributed by atoms with Crippen LogP contribution in [0.15, 0.2) is 24.3 Å². The molecule has 1 N–H and O–H groups in total. The molecule has 5 nitrogen and oxygen atoms in total. The fourth-order valence-corrected chi connectivity index (χ4v) is 2.08. The van der Waals surface area contributed by atoms with Gasteiger partial charge >= 0.3 is 0 Å². The molecule has 20 heavy (non-hydrogen) atoms. The van der Waals surface area contributed by atoms with Gasteiger partial charge in [0, 0.05) is 24.9 Å². The lowest BCUT2D eigenvalue weighted by Gasteiger charge is -2.13. The third-order valence-electron chi connectivity index (χ3n) is 3.25. The van der Waals surface area contributed by atoms with Crippen LogP contribution in [0.5, 0.6) is 0 Å². The summed E-state index contributed by atoms with van der Waals surface area (Å²) in [7, 11) is 0. The molecule has 1 fully saturated rings. The highest BCUT2D eigenvalue weighted by molar-refractivity contribution is 6.01. The summed E-state index contributed by atoms with van der Waals surface area (Å²) in [6, 6.07) is 6.98. The van der Waals surface area contributed by atoms with Crippen LogP contribution in [0, 0.1) is 0 Å². The molecule has 2 rings (SSSR count). The monoisotopic (exact) mass is 274 g/mol. The lowest BCUT2D eigenvalue weighted by Crippen LogP contribution is -2.28. The Bertz CT molecular complexity index is 506. The van der Waals surface area contributed by atoms with Crippen molar-refractivity contribution < 1.29 is 14.4 Å². The molecule has 1 aromatic rings. The molecule has 0 bridgehead atoms. The first-order chi connectivity index (χ1) is 9.61. The number of likely N-dealkylation sites (tertiary alicyclic amines) is 1. The van der Waals surface area contributed by atoms with Crippen molar-refractivity contribution in [3.8, 4) is 0 Å². The summed E-state index contributed by atoms with van der Waals surface area (Å²) in [6.45, 7) is 2.93. The van der Waals surface area contributed by atoms with Gasteiger partial charge in [0.25, 0.3) is 5.91 Å². The average molecular weight is 274 g/mol. The SMILES string of the molecule is CCCNC(=O)c1ccc(CN2C(=O)CCC2=O)cc1. The molecule has 0 radical (unpaired) electrons. The number of carbonyl (C=O) groups is 3. The summed E-state index contributed by atoms with van der Waals surface area (Å²) in [4.78, 5) is 36.1. The van der Waals surface area contributed by atoms with Crippen molar-refractivity contribution in [3.05, 3.63) is 35.4 Å². The van der Waals surface area contributed by atoms with Crippen molar-refractivity contribution in [2.75, 3.05) is 6.54 Å². The Balaban J connectivity index is 1.99. The molecule has 1 aromatic carbocycles. The fraction of sp³-hybridized carbons (Fsp3) is 0.400. The van der Waals surface area contributed by atoms with Gasteiger partial charge in [-0.1, -0.05) is 19.1 Å². The second-order valence-electron chi connectivity index (χ2n) is 4.83. The van der Waals surface area contributed by atoms with E-state index in [4.69, 9.17) is 0 Å². The van der Waals surface area contributed by atoms with Crippen molar-refractivity contribution in [1.29, 1.82) is 0 Å². The number of benzene rings is 1. The molecule has 0 unspecified atom stereocenters. The maximum absolute atomic E-state index is 11.7. The van der Waals surface area contributed by atoms with E-state index in [1.54, 1.807) is 24.3 Å². The minimum atomic E-state index is -0.125. The van der Waals surface area contributed by atoms with Crippen LogP contribution in [0.2, 0.25) is 0 Å². The van der Waals surface area contributed by atoms with Gasteiger partial charge in [0.15, 0.2) is 0 Å². The van der Waals surface area contributed by atoms with Gasteiger partial charge in [-0.2, -0.15) is 0 Å². The largest absolute Gasteiger partial charge is 0.352 e. The van der Waals surface area contributed by atoms with Gasteiger partial charge in [0.05, 0.1) is 6.54 Å². The number of carbonyl (C=O) groups excluding carboxylic acids is 3. The smallest absolute Gasteiger partial charge is 0.251 e. The Kier molecular flexibility index (Phi) is 4.50. The van der Waals surface area contributed by atoms with Crippen LogP contribution < -0.4 is 5.32 Å². The highest BCUT2D eigenvalue weighted by atomic mass is 16.2. The number of hydrogen-bond donors (Lipinski definition) is 1. The van der Waals surface area contributed by atoms with E-state index in [0.29, 0.717) is 24.9 Å². The Labute approximate surface area is 118 Å². The predicted octanol–water partition coefficient (Wildman–Crippen LogP) is 1.48. The highest BCUT2D eigenvalue weighted by Crippen LogP contribution is 2.16. The summed E-state index contributed by atoms with van der Waals surface area (Å²) >= 11 is 0. The number of amides is 3. The summed E-state index contributed by atoms with van der Waals surface area (Å²) in [6.07, 6.45) is 1.50. The predicted molar refractivity (Wildman–Crippen MR) is 73.9 cm³/mol. The Hall–Kier alpha value is -2.17. The van der Waals surface area contributed by atoms with E-state index >= 15 is 0 Å². The van der Waals surface area contributed by atoms with Crippen LogP contribution in [0.25, 0.3) is 0 Å². The van der Waals surface area contributed by atoms with Crippen molar-refractivity contribution in [2.45, 2.75) is 32.7 Å². The number of nitrogens with one attached hydrogen (secondary N) is 1. The van der Waals surface area contributed by atoms with Gasteiger partial charge < -0.3 is 5.32 Å². The molecule has 0 saturated carbocycles. The topological polar surface area (TPSA) is 66.5 Å². The van der Waals surface area contributed by atoms with Crippen molar-refractivity contribution in [2.24, 2.45) is 0 Å². The van der Waals surface area contributed by atoms with E-state index in [1.807, 2.05) is 6.92 Å². The summed E-state index contributed by atoms with van der Waals surface area (Å²) in [5.74, 6) is -0.355. The second kappa shape index (κ2) is 6.32. The highest BCUT2D eigenvalue weighted by Gasteiger charge is 2.28. The van der Waals surface area contributed by atoms with Crippen LogP contribution in [-0.4, -0.2) is 29.2 Å². The molecule has 106 valence electrons. The third-order valence-corrected chi connectivity index (χ3v) is 3.25. The molecule has 5 heteroatoms. The number of hydrogen-bond acceptors (Lipinski definition) is 3. The molecular weight excluding hydrogens is 256 g/mol. The zero-order valence-corrected chi connectivity index (χ0v) is 11.5. The molecule has 0 aromatic heterocycles. The minimum absolute atomic E-state index is 0.105. The summed E-state index contributed by atoms with van der Waals surface area (Å²) in [5.41, 5.74) is 1.43. The van der Waals surface area contributed by atoms with Gasteiger partial charge in [0.2, 0.25) is 11.8 Å². The van der Waals surface area contributed by atoms with Crippen LogP contribution in [0.3, 0.4) is 0 Å². The maximum Gasteiger partial charge on any atom is 0.251 e. The van der Waals surface area contributed by atoms with Crippen LogP contribution in [0.4, 0.5) is 0 Å². The van der Waals surface area contributed by atoms with Gasteiger partial charge in [-0.25, -0.2) is 0 Å². The quantitative estimate of drug-likeness (QED) is 0.827. The molecule has 0 atom stereocenters. The van der Waals surface area contributed by atoms with Crippen molar-refractivity contribution in [1.82, 2.24) is 10.2 Å². The van der Waals surface area contributed by atoms with E-state index in [2.05, 4.69) is 5.32 Å². The molecule has 1 aliphatic rings. The van der Waals surface area contributed by atoms with Crippen molar-refractivity contribution >= 4 is 17.7 Å². The molecule has 0 aliphatic carbocycles. The van der Waals surface area contributed by atoms with E-state index in [1.165, 1.54) is 4.90 Å². The van der Waals surface area contributed by atoms with Gasteiger partial charge in [-0.05, 0) is 24.1 Å². The van der Waals surface area contributed by atoms with Crippen LogP contribution in [0.1, 0.15) is 42.1 Å². The number of rotatable bonds is 5. The van der Waals surface area contributed by atoms with Crippen LogP contribution >= 0.6 is 0 Å². The zero-order chi connectivity index (χ0) is 14.5. The second-order valence-corrected chi connectivity index (χ2v) is 4.83. The first kappa shape index (κ1) is 14.2. The molecule has 1 heterocycles. The fourth-order valence-electron chi connectivity index (χ4n) is 2.08. The van der Waals surface area contributed by atoms with E-state index in [0.717, 1.165) is 12.0 Å². The minimum Gasteiger partial charge on any atom is -0.352 e. The van der Waals surface area contributed by atoms with E-state index in [9.17, 15) is 14.4 Å². The first-order valence-corrected chi connectivity index (χ1v) is 6.82. The first-order valence-electron chi connectivity index (χ1n) is 6.82. The lowest BCUT2D eigenvalue weighted by molar-refractivity contribution is -0.139. The molecule has 3 amide bonds. The molecular formula is C15H18N2O3. The molecule has 1 saturated heterocycles. The van der Waals surface area contributed by atoms with Crippen molar-refractivity contribution in [3.63, 3.8) is 0 Å². The summed E-state index contributed by atoms with van der Waals surface area (Å²) in [5, 5.41) is 2.80. The normalized spacial score (nSPS) is 14.8. The van der Waals surface area contributed by atoms with Crippen LogP contribution in [-0.2, 0) is 16.1 Å². The van der Waals surface area contributed by atoms with E-state index < -0.39 is 0 Å². The Morgan fingerprint density at radius 2 is 1.75 bits per heavy atom. The third kappa shape index (κ3) is 3.23.